The molecule has 0 aromatic heterocycles. The van der Waals surface area contributed by atoms with Crippen molar-refractivity contribution < 1.29 is 9.21 Å². The Labute approximate surface area is 174 Å². The standard InChI is InChI=1S/C25H32N2O2/c1-2-6-25(28)26-22-12-10-19(11-13-22)14-16-27-15-4-3-8-23(27)21-17-20-7-5-9-24(20)29-18-21/h5,7,9,17-19,22-23H,3-4,8,10-16H2,1H3,(H,26,28)/t19-,22-,23?. The zero-order chi connectivity index (χ0) is 20.1. The predicted octanol–water partition coefficient (Wildman–Crippen LogP) is 5.00. The molecule has 2 heterocycles. The second-order valence-electron chi connectivity index (χ2n) is 8.63. The van der Waals surface area contributed by atoms with Gasteiger partial charge in [0.1, 0.15) is 5.76 Å². The molecule has 4 nitrogen and oxygen atoms in total. The SMILES string of the molecule is CC#CC(=O)N[C@H]1CC[C@H](CCN2CCCCC2c2coc3cccc-3c2)CC1. The average Bonchev–Trinajstić information content (AvgIpc) is 3.21. The summed E-state index contributed by atoms with van der Waals surface area (Å²) in [6.45, 7) is 4.05. The minimum Gasteiger partial charge on any atom is -0.464 e. The van der Waals surface area contributed by atoms with E-state index in [1.807, 2.05) is 12.3 Å². The fourth-order valence-electron chi connectivity index (χ4n) is 5.08. The van der Waals surface area contributed by atoms with Gasteiger partial charge in [-0.15, -0.1) is 0 Å². The molecule has 0 aromatic carbocycles. The van der Waals surface area contributed by atoms with Crippen LogP contribution < -0.4 is 5.32 Å². The molecule has 1 unspecified atom stereocenters. The van der Waals surface area contributed by atoms with Crippen molar-refractivity contribution in [3.05, 3.63) is 36.1 Å². The van der Waals surface area contributed by atoms with Crippen molar-refractivity contribution in [2.24, 2.45) is 5.92 Å². The molecule has 0 radical (unpaired) electrons. The highest BCUT2D eigenvalue weighted by Gasteiger charge is 2.27. The summed E-state index contributed by atoms with van der Waals surface area (Å²) in [4.78, 5) is 14.3. The summed E-state index contributed by atoms with van der Waals surface area (Å²) in [5, 5.41) is 3.05. The first-order valence-corrected chi connectivity index (χ1v) is 11.2. The Bertz CT molecular complexity index is 838. The van der Waals surface area contributed by atoms with Gasteiger partial charge in [0, 0.05) is 23.2 Å². The number of likely N-dealkylation sites (tertiary alicyclic amines) is 1. The third-order valence-electron chi connectivity index (χ3n) is 6.70. The molecule has 4 rings (SSSR count). The third-order valence-corrected chi connectivity index (χ3v) is 6.70. The van der Waals surface area contributed by atoms with Crippen LogP contribution >= 0.6 is 0 Å². The molecule has 1 N–H and O–H groups in total. The lowest BCUT2D eigenvalue weighted by molar-refractivity contribution is -0.116. The number of piperidine rings is 1. The van der Waals surface area contributed by atoms with Crippen LogP contribution in [0.25, 0.3) is 11.3 Å². The van der Waals surface area contributed by atoms with Gasteiger partial charge >= 0.3 is 0 Å². The van der Waals surface area contributed by atoms with E-state index in [4.69, 9.17) is 4.42 Å². The van der Waals surface area contributed by atoms with Crippen LogP contribution in [0.1, 0.15) is 69.9 Å². The number of carbonyl (C=O) groups is 1. The van der Waals surface area contributed by atoms with Crippen LogP contribution in [0.2, 0.25) is 0 Å². The van der Waals surface area contributed by atoms with Gasteiger partial charge in [0.25, 0.3) is 5.91 Å². The van der Waals surface area contributed by atoms with Gasteiger partial charge in [-0.1, -0.05) is 24.5 Å². The van der Waals surface area contributed by atoms with Crippen LogP contribution in [0.15, 0.2) is 34.9 Å². The van der Waals surface area contributed by atoms with Crippen molar-refractivity contribution in [1.29, 1.82) is 0 Å². The number of amides is 1. The first kappa shape index (κ1) is 20.0. The zero-order valence-electron chi connectivity index (χ0n) is 17.5. The van der Waals surface area contributed by atoms with Crippen LogP contribution in [-0.4, -0.2) is 29.9 Å². The van der Waals surface area contributed by atoms with E-state index in [1.165, 1.54) is 56.2 Å². The molecule has 1 saturated heterocycles. The molecule has 2 aliphatic heterocycles. The molecule has 0 bridgehead atoms. The monoisotopic (exact) mass is 392 g/mol. The topological polar surface area (TPSA) is 45.5 Å². The van der Waals surface area contributed by atoms with Crippen LogP contribution in [-0.2, 0) is 4.79 Å². The number of carbonyl (C=O) groups excluding carboxylic acids is 1. The van der Waals surface area contributed by atoms with Gasteiger partial charge in [0.05, 0.1) is 6.26 Å². The fourth-order valence-corrected chi connectivity index (χ4v) is 5.08. The summed E-state index contributed by atoms with van der Waals surface area (Å²) in [5.41, 5.74) is 2.54. The molecule has 2 fully saturated rings. The summed E-state index contributed by atoms with van der Waals surface area (Å²) < 4.78 is 5.87. The van der Waals surface area contributed by atoms with Gasteiger partial charge in [0.15, 0.2) is 0 Å². The van der Waals surface area contributed by atoms with Crippen molar-refractivity contribution in [2.45, 2.75) is 70.4 Å². The van der Waals surface area contributed by atoms with Crippen LogP contribution in [0, 0.1) is 17.8 Å². The maximum absolute atomic E-state index is 11.7. The molecule has 0 spiro atoms. The van der Waals surface area contributed by atoms with Crippen LogP contribution in [0.5, 0.6) is 0 Å². The molecule has 29 heavy (non-hydrogen) atoms. The Balaban J connectivity index is 1.30. The van der Waals surface area contributed by atoms with Gasteiger partial charge in [0.2, 0.25) is 0 Å². The maximum atomic E-state index is 11.7. The van der Waals surface area contributed by atoms with Crippen molar-refractivity contribution in [3.8, 4) is 23.2 Å². The van der Waals surface area contributed by atoms with Gasteiger partial charge in [-0.3, -0.25) is 9.69 Å². The number of rotatable bonds is 5. The van der Waals surface area contributed by atoms with Gasteiger partial charge < -0.3 is 9.73 Å². The van der Waals surface area contributed by atoms with Gasteiger partial charge in [-0.25, -0.2) is 0 Å². The average molecular weight is 393 g/mol. The number of nitrogens with one attached hydrogen (secondary N) is 1. The lowest BCUT2D eigenvalue weighted by atomic mass is 9.83. The molecule has 0 aromatic rings. The summed E-state index contributed by atoms with van der Waals surface area (Å²) in [7, 11) is 0. The maximum Gasteiger partial charge on any atom is 0.296 e. The number of hydrogen-bond acceptors (Lipinski definition) is 3. The van der Waals surface area contributed by atoms with Crippen LogP contribution in [0.4, 0.5) is 0 Å². The minimum absolute atomic E-state index is 0.126. The fraction of sp³-hybridized carbons (Fsp3) is 0.560. The van der Waals surface area contributed by atoms with E-state index >= 15 is 0 Å². The zero-order valence-corrected chi connectivity index (χ0v) is 17.5. The summed E-state index contributed by atoms with van der Waals surface area (Å²) >= 11 is 0. The van der Waals surface area contributed by atoms with Gasteiger partial charge in [-0.05, 0) is 88.9 Å². The molecule has 1 saturated carbocycles. The van der Waals surface area contributed by atoms with Crippen molar-refractivity contribution in [2.75, 3.05) is 13.1 Å². The number of hydrogen-bond donors (Lipinski definition) is 1. The molecule has 2 aliphatic carbocycles. The Morgan fingerprint density at radius 1 is 1.21 bits per heavy atom. The molecular formula is C25H32N2O2. The van der Waals surface area contributed by atoms with Crippen molar-refractivity contribution >= 4 is 5.91 Å². The highest BCUT2D eigenvalue weighted by Crippen LogP contribution is 2.36. The largest absolute Gasteiger partial charge is 0.464 e. The van der Waals surface area contributed by atoms with Gasteiger partial charge in [-0.2, -0.15) is 0 Å². The Hall–Kier alpha value is -2.25. The van der Waals surface area contributed by atoms with E-state index in [0.717, 1.165) is 31.1 Å². The molecule has 1 atom stereocenters. The molecule has 1 amide bonds. The smallest absolute Gasteiger partial charge is 0.296 e. The van der Waals surface area contributed by atoms with E-state index in [9.17, 15) is 4.79 Å². The lowest BCUT2D eigenvalue weighted by Crippen LogP contribution is -2.38. The Morgan fingerprint density at radius 3 is 2.90 bits per heavy atom. The van der Waals surface area contributed by atoms with Crippen molar-refractivity contribution in [1.82, 2.24) is 10.2 Å². The minimum atomic E-state index is -0.126. The Morgan fingerprint density at radius 2 is 2.07 bits per heavy atom. The first-order chi connectivity index (χ1) is 14.2. The second kappa shape index (κ2) is 9.50. The predicted molar refractivity (Wildman–Crippen MR) is 115 cm³/mol. The van der Waals surface area contributed by atoms with Crippen LogP contribution in [0.3, 0.4) is 0 Å². The summed E-state index contributed by atoms with van der Waals surface area (Å²) in [6.07, 6.45) is 11.6. The quantitative estimate of drug-likeness (QED) is 0.729. The van der Waals surface area contributed by atoms with E-state index in [1.54, 1.807) is 6.92 Å². The second-order valence-corrected chi connectivity index (χ2v) is 8.63. The lowest BCUT2D eigenvalue weighted by Gasteiger charge is -2.37. The first-order valence-electron chi connectivity index (χ1n) is 11.2. The summed E-state index contributed by atoms with van der Waals surface area (Å²) in [5.74, 6) is 6.88. The van der Waals surface area contributed by atoms with E-state index in [-0.39, 0.29) is 5.91 Å². The molecule has 4 heteroatoms. The molecule has 154 valence electrons. The number of fused-ring (bicyclic) bond motifs is 1. The van der Waals surface area contributed by atoms with E-state index < -0.39 is 0 Å². The molecule has 4 aliphatic rings. The third kappa shape index (κ3) is 5.03. The number of nitrogens with zero attached hydrogens (tertiary/aromatic N) is 1. The molecular weight excluding hydrogens is 360 g/mol. The van der Waals surface area contributed by atoms with E-state index in [2.05, 4.69) is 40.3 Å². The Kier molecular flexibility index (Phi) is 6.56. The highest BCUT2D eigenvalue weighted by molar-refractivity contribution is 5.93. The van der Waals surface area contributed by atoms with Crippen molar-refractivity contribution in [3.63, 3.8) is 0 Å². The normalized spacial score (nSPS) is 25.3. The summed E-state index contributed by atoms with van der Waals surface area (Å²) in [6, 6.07) is 9.33. The van der Waals surface area contributed by atoms with E-state index in [0.29, 0.717) is 12.1 Å². The highest BCUT2D eigenvalue weighted by atomic mass is 16.3.